The molecule has 0 N–H and O–H groups in total. The average molecular weight is 470 g/mol. The summed E-state index contributed by atoms with van der Waals surface area (Å²) in [5.74, 6) is -0.0562. The molecule has 0 saturated heterocycles. The Morgan fingerprint density at radius 1 is 0.654 bits per heavy atom. The maximum absolute atomic E-state index is 13.1. The van der Waals surface area contributed by atoms with Gasteiger partial charge in [-0.25, -0.2) is 0 Å². The molecule has 0 aliphatic rings. The molecule has 0 atom stereocenters. The molecule has 0 heterocycles. The highest BCUT2D eigenvalue weighted by atomic mass is 79.9. The van der Waals surface area contributed by atoms with E-state index in [9.17, 15) is 9.59 Å². The number of hydrogen-bond donors (Lipinski definition) is 0. The van der Waals surface area contributed by atoms with Crippen LogP contribution in [0.4, 0.5) is 0 Å². The Hall–Kier alpha value is -2.30. The van der Waals surface area contributed by atoms with Crippen LogP contribution in [0.1, 0.15) is 31.8 Å². The largest absolute Gasteiger partial charge is 0.298 e. The molecule has 0 fully saturated rings. The van der Waals surface area contributed by atoms with Crippen molar-refractivity contribution in [1.29, 1.82) is 0 Å². The van der Waals surface area contributed by atoms with Gasteiger partial charge in [0.05, 0.1) is 0 Å². The smallest absolute Gasteiger partial charge is 0.193 e. The third-order valence-electron chi connectivity index (χ3n) is 3.89. The second-order valence-electron chi connectivity index (χ2n) is 5.69. The third kappa shape index (κ3) is 4.45. The Morgan fingerprint density at radius 2 is 1.12 bits per heavy atom. The monoisotopic (exact) mass is 468 g/mol. The lowest BCUT2D eigenvalue weighted by Crippen LogP contribution is -2.03. The van der Waals surface area contributed by atoms with Gasteiger partial charge in [0.2, 0.25) is 0 Å². The van der Waals surface area contributed by atoms with Gasteiger partial charge in [0.1, 0.15) is 6.29 Å². The predicted molar refractivity (Wildman–Crippen MR) is 112 cm³/mol. The van der Waals surface area contributed by atoms with Crippen LogP contribution in [-0.2, 0) is 0 Å². The molecule has 0 amide bonds. The SMILES string of the molecule is O=Cc1ccc(/C=C(/C(=O)c2ccc(Br)cc2)c2ccc(Br)cc2)cc1. The fraction of sp³-hybridized carbons (Fsp3) is 0. The number of rotatable bonds is 5. The number of allylic oxidation sites excluding steroid dienone is 1. The number of ketones is 1. The number of carbonyl (C=O) groups excluding carboxylic acids is 2. The highest BCUT2D eigenvalue weighted by Crippen LogP contribution is 2.25. The molecule has 0 saturated carbocycles. The number of hydrogen-bond acceptors (Lipinski definition) is 2. The second kappa shape index (κ2) is 8.39. The molecule has 2 nitrogen and oxygen atoms in total. The van der Waals surface area contributed by atoms with Crippen molar-refractivity contribution in [3.63, 3.8) is 0 Å². The highest BCUT2D eigenvalue weighted by molar-refractivity contribution is 9.10. The van der Waals surface area contributed by atoms with E-state index in [4.69, 9.17) is 0 Å². The van der Waals surface area contributed by atoms with E-state index in [0.29, 0.717) is 16.7 Å². The van der Waals surface area contributed by atoms with Gasteiger partial charge in [-0.1, -0.05) is 68.3 Å². The van der Waals surface area contributed by atoms with E-state index < -0.39 is 0 Å². The van der Waals surface area contributed by atoms with Crippen molar-refractivity contribution in [3.8, 4) is 0 Å². The van der Waals surface area contributed by atoms with Gasteiger partial charge in [-0.15, -0.1) is 0 Å². The molecular formula is C22H14Br2O2. The Bertz CT molecular complexity index is 955. The van der Waals surface area contributed by atoms with Crippen molar-refractivity contribution >= 4 is 55.6 Å². The molecule has 26 heavy (non-hydrogen) atoms. The zero-order valence-electron chi connectivity index (χ0n) is 13.7. The van der Waals surface area contributed by atoms with Gasteiger partial charge in [-0.05, 0) is 53.6 Å². The molecule has 0 aliphatic carbocycles. The molecule has 0 radical (unpaired) electrons. The Morgan fingerprint density at radius 3 is 1.62 bits per heavy atom. The maximum atomic E-state index is 13.1. The number of carbonyl (C=O) groups is 2. The number of benzene rings is 3. The van der Waals surface area contributed by atoms with Crippen molar-refractivity contribution in [3.05, 3.63) is 104 Å². The van der Waals surface area contributed by atoms with Crippen LogP contribution in [0.5, 0.6) is 0 Å². The van der Waals surface area contributed by atoms with Gasteiger partial charge < -0.3 is 0 Å². The first-order valence-electron chi connectivity index (χ1n) is 7.90. The van der Waals surface area contributed by atoms with Crippen LogP contribution in [0.2, 0.25) is 0 Å². The predicted octanol–water partition coefficient (Wildman–Crippen LogP) is 6.45. The van der Waals surface area contributed by atoms with Gasteiger partial charge in [-0.2, -0.15) is 0 Å². The quantitative estimate of drug-likeness (QED) is 0.186. The van der Waals surface area contributed by atoms with E-state index in [1.165, 1.54) is 0 Å². The summed E-state index contributed by atoms with van der Waals surface area (Å²) in [6.07, 6.45) is 2.65. The average Bonchev–Trinajstić information content (AvgIpc) is 2.67. The minimum atomic E-state index is -0.0562. The zero-order chi connectivity index (χ0) is 18.5. The van der Waals surface area contributed by atoms with Crippen LogP contribution in [0, 0.1) is 0 Å². The summed E-state index contributed by atoms with van der Waals surface area (Å²) in [4.78, 5) is 24.0. The topological polar surface area (TPSA) is 34.1 Å². The van der Waals surface area contributed by atoms with Crippen molar-refractivity contribution < 1.29 is 9.59 Å². The van der Waals surface area contributed by atoms with E-state index in [1.54, 1.807) is 24.3 Å². The molecule has 3 aromatic carbocycles. The number of aldehydes is 1. The molecule has 3 aromatic rings. The molecule has 0 aromatic heterocycles. The lowest BCUT2D eigenvalue weighted by Gasteiger charge is -2.09. The molecule has 0 spiro atoms. The summed E-state index contributed by atoms with van der Waals surface area (Å²) in [5, 5.41) is 0. The van der Waals surface area contributed by atoms with Crippen LogP contribution in [-0.4, -0.2) is 12.1 Å². The van der Waals surface area contributed by atoms with E-state index in [1.807, 2.05) is 54.6 Å². The van der Waals surface area contributed by atoms with Gasteiger partial charge in [0.15, 0.2) is 5.78 Å². The lowest BCUT2D eigenvalue weighted by molar-refractivity contribution is 0.105. The molecule has 4 heteroatoms. The van der Waals surface area contributed by atoms with E-state index in [-0.39, 0.29) is 5.78 Å². The Balaban J connectivity index is 2.07. The fourth-order valence-electron chi connectivity index (χ4n) is 2.50. The fourth-order valence-corrected chi connectivity index (χ4v) is 3.03. The van der Waals surface area contributed by atoms with Crippen LogP contribution < -0.4 is 0 Å². The van der Waals surface area contributed by atoms with Crippen LogP contribution >= 0.6 is 31.9 Å². The second-order valence-corrected chi connectivity index (χ2v) is 7.52. The standard InChI is InChI=1S/C22H14Br2O2/c23-19-9-5-17(6-10-19)21(13-15-1-3-16(14-25)4-2-15)22(26)18-7-11-20(24)12-8-18/h1-14H/b21-13+. The van der Waals surface area contributed by atoms with Crippen LogP contribution in [0.15, 0.2) is 81.7 Å². The molecular weight excluding hydrogens is 456 g/mol. The minimum absolute atomic E-state index is 0.0562. The summed E-state index contributed by atoms with van der Waals surface area (Å²) in [6.45, 7) is 0. The van der Waals surface area contributed by atoms with Crippen molar-refractivity contribution in [1.82, 2.24) is 0 Å². The summed E-state index contributed by atoms with van der Waals surface area (Å²) >= 11 is 6.82. The Labute approximate surface area is 168 Å². The first-order chi connectivity index (χ1) is 12.6. The molecule has 0 unspecified atom stereocenters. The van der Waals surface area contributed by atoms with Gasteiger partial charge in [-0.3, -0.25) is 9.59 Å². The minimum Gasteiger partial charge on any atom is -0.298 e. The van der Waals surface area contributed by atoms with Gasteiger partial charge >= 0.3 is 0 Å². The van der Waals surface area contributed by atoms with E-state index in [0.717, 1.165) is 26.4 Å². The van der Waals surface area contributed by atoms with Gasteiger partial charge in [0.25, 0.3) is 0 Å². The summed E-state index contributed by atoms with van der Waals surface area (Å²) in [6, 6.07) is 22.1. The zero-order valence-corrected chi connectivity index (χ0v) is 16.8. The van der Waals surface area contributed by atoms with Crippen molar-refractivity contribution in [2.24, 2.45) is 0 Å². The first-order valence-corrected chi connectivity index (χ1v) is 9.48. The normalized spacial score (nSPS) is 11.2. The van der Waals surface area contributed by atoms with Crippen molar-refractivity contribution in [2.75, 3.05) is 0 Å². The molecule has 0 bridgehead atoms. The van der Waals surface area contributed by atoms with E-state index >= 15 is 0 Å². The van der Waals surface area contributed by atoms with Crippen LogP contribution in [0.25, 0.3) is 11.6 Å². The molecule has 128 valence electrons. The number of Topliss-reactive ketones (excluding diaryl/α,β-unsaturated/α-hetero) is 1. The lowest BCUT2D eigenvalue weighted by atomic mass is 9.94. The summed E-state index contributed by atoms with van der Waals surface area (Å²) in [7, 11) is 0. The Kier molecular flexibility index (Phi) is 5.96. The number of halogens is 2. The summed E-state index contributed by atoms with van der Waals surface area (Å²) < 4.78 is 1.87. The third-order valence-corrected chi connectivity index (χ3v) is 4.95. The van der Waals surface area contributed by atoms with E-state index in [2.05, 4.69) is 31.9 Å². The first kappa shape index (κ1) is 18.5. The maximum Gasteiger partial charge on any atom is 0.193 e. The highest BCUT2D eigenvalue weighted by Gasteiger charge is 2.14. The summed E-state index contributed by atoms with van der Waals surface area (Å²) in [5.41, 5.74) is 3.51. The van der Waals surface area contributed by atoms with Crippen LogP contribution in [0.3, 0.4) is 0 Å². The molecule has 0 aliphatic heterocycles. The molecule has 3 rings (SSSR count). The van der Waals surface area contributed by atoms with Gasteiger partial charge in [0, 0.05) is 25.6 Å². The van der Waals surface area contributed by atoms with Crippen molar-refractivity contribution in [2.45, 2.75) is 0 Å².